The van der Waals surface area contributed by atoms with E-state index in [0.717, 1.165) is 47.5 Å². The molecule has 2 aromatic rings. The average Bonchev–Trinajstić information content (AvgIpc) is 2.39. The highest BCUT2D eigenvalue weighted by Gasteiger charge is 2.19. The Balaban J connectivity index is 2.23. The van der Waals surface area contributed by atoms with Gasteiger partial charge < -0.3 is 15.4 Å². The second kappa shape index (κ2) is 4.14. The largest absolute Gasteiger partial charge is 0.497 e. The number of nitrogens with two attached hydrogens (primary N) is 1. The van der Waals surface area contributed by atoms with Crippen LogP contribution >= 0.6 is 0 Å². The summed E-state index contributed by atoms with van der Waals surface area (Å²) in [5.41, 5.74) is 10.4. The minimum Gasteiger partial charge on any atom is -0.497 e. The van der Waals surface area contributed by atoms with E-state index in [4.69, 9.17) is 15.5 Å². The lowest BCUT2D eigenvalue weighted by atomic mass is 10.0. The van der Waals surface area contributed by atoms with Crippen LogP contribution in [0, 0.1) is 0 Å². The number of fused-ring (bicyclic) bond motifs is 2. The normalized spacial score (nSPS) is 15.7. The van der Waals surface area contributed by atoms with Crippen molar-refractivity contribution >= 4 is 16.6 Å². The molecule has 4 nitrogen and oxygen atoms in total. The van der Waals surface area contributed by atoms with Crippen LogP contribution in [-0.4, -0.2) is 30.6 Å². The Morgan fingerprint density at radius 1 is 1.39 bits per heavy atom. The monoisotopic (exact) mass is 243 g/mol. The second-order valence-corrected chi connectivity index (χ2v) is 4.82. The summed E-state index contributed by atoms with van der Waals surface area (Å²) in [6.45, 7) is 1.92. The molecule has 0 aliphatic carbocycles. The fraction of sp³-hybridized carbons (Fsp3) is 0.357. The van der Waals surface area contributed by atoms with Gasteiger partial charge in [0.25, 0.3) is 0 Å². The van der Waals surface area contributed by atoms with Crippen molar-refractivity contribution in [1.82, 2.24) is 9.88 Å². The summed E-state index contributed by atoms with van der Waals surface area (Å²) in [6, 6.07) is 5.87. The van der Waals surface area contributed by atoms with Crippen molar-refractivity contribution in [2.45, 2.75) is 13.0 Å². The number of anilines is 1. The lowest BCUT2D eigenvalue weighted by Gasteiger charge is -2.26. The molecule has 1 aliphatic heterocycles. The molecule has 18 heavy (non-hydrogen) atoms. The highest BCUT2D eigenvalue weighted by Crippen LogP contribution is 2.31. The maximum atomic E-state index is 6.29. The number of benzene rings is 1. The van der Waals surface area contributed by atoms with Crippen LogP contribution in [0.2, 0.25) is 0 Å². The van der Waals surface area contributed by atoms with E-state index in [-0.39, 0.29) is 0 Å². The van der Waals surface area contributed by atoms with Crippen LogP contribution in [-0.2, 0) is 13.0 Å². The van der Waals surface area contributed by atoms with E-state index in [1.807, 2.05) is 18.2 Å². The number of ether oxygens (including phenoxy) is 1. The quantitative estimate of drug-likeness (QED) is 0.830. The lowest BCUT2D eigenvalue weighted by Crippen LogP contribution is -2.28. The molecule has 2 N–H and O–H groups in total. The average molecular weight is 243 g/mol. The maximum Gasteiger partial charge on any atom is 0.121 e. The van der Waals surface area contributed by atoms with Gasteiger partial charge >= 0.3 is 0 Å². The van der Waals surface area contributed by atoms with Crippen molar-refractivity contribution in [2.75, 3.05) is 26.4 Å². The molecule has 0 bridgehead atoms. The van der Waals surface area contributed by atoms with Crippen molar-refractivity contribution < 1.29 is 4.74 Å². The topological polar surface area (TPSA) is 51.4 Å². The summed E-state index contributed by atoms with van der Waals surface area (Å²) in [6.07, 6.45) is 0.961. The van der Waals surface area contributed by atoms with Crippen LogP contribution < -0.4 is 10.5 Å². The fourth-order valence-corrected chi connectivity index (χ4v) is 2.52. The first-order chi connectivity index (χ1) is 8.69. The van der Waals surface area contributed by atoms with E-state index in [0.29, 0.717) is 0 Å². The first-order valence-electron chi connectivity index (χ1n) is 6.12. The summed E-state index contributed by atoms with van der Waals surface area (Å²) in [5.74, 6) is 0.822. The molecule has 0 fully saturated rings. The predicted octanol–water partition coefficient (Wildman–Crippen LogP) is 1.81. The van der Waals surface area contributed by atoms with E-state index in [1.54, 1.807) is 7.11 Å². The standard InChI is InChI=1S/C14H17N3O/c1-17-6-5-12-11(8-17)14(15)10-4-3-9(18-2)7-13(10)16-12/h3-4,7H,5-6,8H2,1-2H3,(H2,15,16). The first-order valence-corrected chi connectivity index (χ1v) is 6.12. The van der Waals surface area contributed by atoms with Crippen molar-refractivity contribution in [2.24, 2.45) is 0 Å². The number of hydrogen-bond acceptors (Lipinski definition) is 4. The number of pyridine rings is 1. The van der Waals surface area contributed by atoms with E-state index in [2.05, 4.69) is 11.9 Å². The van der Waals surface area contributed by atoms with E-state index < -0.39 is 0 Å². The van der Waals surface area contributed by atoms with Crippen LogP contribution in [0.5, 0.6) is 5.75 Å². The van der Waals surface area contributed by atoms with Crippen LogP contribution in [0.3, 0.4) is 0 Å². The predicted molar refractivity (Wildman–Crippen MR) is 72.7 cm³/mol. The molecule has 2 heterocycles. The van der Waals surface area contributed by atoms with Gasteiger partial charge in [-0.25, -0.2) is 0 Å². The van der Waals surface area contributed by atoms with Crippen LogP contribution in [0.15, 0.2) is 18.2 Å². The molecule has 0 saturated carbocycles. The van der Waals surface area contributed by atoms with Crippen LogP contribution in [0.1, 0.15) is 11.3 Å². The number of aromatic nitrogens is 1. The molecule has 0 unspecified atom stereocenters. The van der Waals surface area contributed by atoms with Gasteiger partial charge in [0.15, 0.2) is 0 Å². The molecule has 4 heteroatoms. The van der Waals surface area contributed by atoms with Crippen LogP contribution in [0.25, 0.3) is 10.9 Å². The van der Waals surface area contributed by atoms with Crippen molar-refractivity contribution in [3.63, 3.8) is 0 Å². The minimum absolute atomic E-state index is 0.822. The molecular formula is C14H17N3O. The summed E-state index contributed by atoms with van der Waals surface area (Å²) in [5, 5.41) is 1.02. The first kappa shape index (κ1) is 11.3. The van der Waals surface area contributed by atoms with E-state index in [1.165, 1.54) is 5.56 Å². The van der Waals surface area contributed by atoms with Gasteiger partial charge in [0.05, 0.1) is 12.6 Å². The highest BCUT2D eigenvalue weighted by atomic mass is 16.5. The number of nitrogen functional groups attached to an aromatic ring is 1. The fourth-order valence-electron chi connectivity index (χ4n) is 2.52. The molecule has 1 aromatic heterocycles. The third kappa shape index (κ3) is 1.69. The van der Waals surface area contributed by atoms with Gasteiger partial charge in [-0.2, -0.15) is 0 Å². The second-order valence-electron chi connectivity index (χ2n) is 4.82. The molecule has 0 radical (unpaired) electrons. The number of likely N-dealkylation sites (N-methyl/N-ethyl adjacent to an activating group) is 1. The summed E-state index contributed by atoms with van der Waals surface area (Å²) in [7, 11) is 3.78. The van der Waals surface area contributed by atoms with Gasteiger partial charge in [0.1, 0.15) is 5.75 Å². The molecule has 1 aliphatic rings. The molecule has 94 valence electrons. The van der Waals surface area contributed by atoms with Gasteiger partial charge in [0.2, 0.25) is 0 Å². The number of nitrogens with zero attached hydrogens (tertiary/aromatic N) is 2. The molecule has 0 atom stereocenters. The number of rotatable bonds is 1. The Bertz CT molecular complexity index is 610. The Morgan fingerprint density at radius 3 is 3.00 bits per heavy atom. The molecule has 0 saturated heterocycles. The SMILES string of the molecule is COc1ccc2c(N)c3c(nc2c1)CCN(C)C3. The molecule has 3 rings (SSSR count). The third-order valence-corrected chi connectivity index (χ3v) is 3.58. The Morgan fingerprint density at radius 2 is 2.22 bits per heavy atom. The van der Waals surface area contributed by atoms with Gasteiger partial charge in [-0.3, -0.25) is 4.98 Å². The van der Waals surface area contributed by atoms with Crippen molar-refractivity contribution in [3.05, 3.63) is 29.5 Å². The molecule has 0 spiro atoms. The van der Waals surface area contributed by atoms with Gasteiger partial charge in [-0.05, 0) is 19.2 Å². The van der Waals surface area contributed by atoms with Gasteiger partial charge in [-0.15, -0.1) is 0 Å². The molecular weight excluding hydrogens is 226 g/mol. The Labute approximate surface area is 106 Å². The zero-order chi connectivity index (χ0) is 12.7. The van der Waals surface area contributed by atoms with Crippen LogP contribution in [0.4, 0.5) is 5.69 Å². The lowest BCUT2D eigenvalue weighted by molar-refractivity contribution is 0.311. The summed E-state index contributed by atoms with van der Waals surface area (Å²) in [4.78, 5) is 7.01. The smallest absolute Gasteiger partial charge is 0.121 e. The zero-order valence-electron chi connectivity index (χ0n) is 10.7. The summed E-state index contributed by atoms with van der Waals surface area (Å²) < 4.78 is 5.23. The van der Waals surface area contributed by atoms with Crippen molar-refractivity contribution in [1.29, 1.82) is 0 Å². The van der Waals surface area contributed by atoms with Gasteiger partial charge in [-0.1, -0.05) is 0 Å². The number of methoxy groups -OCH3 is 1. The number of hydrogen-bond donors (Lipinski definition) is 1. The van der Waals surface area contributed by atoms with Gasteiger partial charge in [0, 0.05) is 47.9 Å². The third-order valence-electron chi connectivity index (χ3n) is 3.58. The zero-order valence-corrected chi connectivity index (χ0v) is 10.7. The Hall–Kier alpha value is -1.81. The summed E-state index contributed by atoms with van der Waals surface area (Å²) >= 11 is 0. The Kier molecular flexibility index (Phi) is 2.59. The minimum atomic E-state index is 0.822. The highest BCUT2D eigenvalue weighted by molar-refractivity contribution is 5.93. The molecule has 1 aromatic carbocycles. The van der Waals surface area contributed by atoms with Crippen molar-refractivity contribution in [3.8, 4) is 5.75 Å². The van der Waals surface area contributed by atoms with E-state index >= 15 is 0 Å². The van der Waals surface area contributed by atoms with E-state index in [9.17, 15) is 0 Å². The maximum absolute atomic E-state index is 6.29. The molecule has 0 amide bonds.